The van der Waals surface area contributed by atoms with Crippen LogP contribution in [0.25, 0.3) is 0 Å². The average Bonchev–Trinajstić information content (AvgIpc) is 3.51. The van der Waals surface area contributed by atoms with E-state index in [9.17, 15) is 19.8 Å². The number of nitrogens with zero attached hydrogens (tertiary/aromatic N) is 1. The van der Waals surface area contributed by atoms with Gasteiger partial charge in [0.1, 0.15) is 5.78 Å². The summed E-state index contributed by atoms with van der Waals surface area (Å²) in [7, 11) is 0. The average molecular weight is 1200 g/mol. The molecule has 85 heavy (non-hydrogen) atoms. The molecule has 0 aromatic rings. The Balaban J connectivity index is 4.90. The van der Waals surface area contributed by atoms with Crippen LogP contribution in [0.5, 0.6) is 0 Å². The molecule has 0 aromatic heterocycles. The van der Waals surface area contributed by atoms with Crippen LogP contribution in [0.3, 0.4) is 0 Å². The molecule has 5 N–H and O–H groups in total. The number of Topliss-reactive ketones (excluding diaryl/α,β-unsaturated/α-hetero) is 1. The van der Waals surface area contributed by atoms with Crippen LogP contribution in [-0.2, 0) is 9.59 Å². The van der Waals surface area contributed by atoms with Crippen molar-refractivity contribution in [2.45, 2.75) is 425 Å². The first-order valence-electron chi connectivity index (χ1n) is 39.1. The molecule has 0 heterocycles. The highest BCUT2D eigenvalue weighted by atomic mass is 16.3. The van der Waals surface area contributed by atoms with E-state index in [4.69, 9.17) is 0 Å². The Labute approximate surface area is 533 Å². The summed E-state index contributed by atoms with van der Waals surface area (Å²) < 4.78 is 0. The fraction of sp³-hybridized carbons (Fsp3) is 0.974. The number of carbonyl (C=O) groups is 2. The van der Waals surface area contributed by atoms with E-state index in [2.05, 4.69) is 48.5 Å². The fourth-order valence-corrected chi connectivity index (χ4v) is 13.0. The van der Waals surface area contributed by atoms with Crippen LogP contribution in [0.1, 0.15) is 413 Å². The van der Waals surface area contributed by atoms with E-state index in [1.807, 2.05) is 0 Å². The van der Waals surface area contributed by atoms with Gasteiger partial charge in [0.05, 0.1) is 25.3 Å². The lowest BCUT2D eigenvalue weighted by molar-refractivity contribution is -0.120. The van der Waals surface area contributed by atoms with Crippen molar-refractivity contribution in [2.75, 3.05) is 52.4 Å². The number of aliphatic hydroxyl groups excluding tert-OH is 2. The van der Waals surface area contributed by atoms with Gasteiger partial charge in [0.2, 0.25) is 5.91 Å². The van der Waals surface area contributed by atoms with E-state index in [0.29, 0.717) is 38.5 Å². The van der Waals surface area contributed by atoms with Crippen molar-refractivity contribution in [3.63, 3.8) is 0 Å². The van der Waals surface area contributed by atoms with E-state index in [0.717, 1.165) is 58.2 Å². The highest BCUT2D eigenvalue weighted by Gasteiger charge is 2.16. The van der Waals surface area contributed by atoms with E-state index < -0.39 is 12.2 Å². The predicted molar refractivity (Wildman–Crippen MR) is 375 cm³/mol. The molecule has 8 nitrogen and oxygen atoms in total. The highest BCUT2D eigenvalue weighted by Crippen LogP contribution is 2.25. The SMILES string of the molecule is CCCCCCCCCCCCCCCCCCC(=O)CNCC(O)CN(CCCCCCCCCCCCCC)CCCCCC(CCCCCCCCCCCCCC)CCC(O)CNCC(=O)NCCCCCCCCCCCCCC. The second-order valence-corrected chi connectivity index (χ2v) is 27.6. The lowest BCUT2D eigenvalue weighted by Crippen LogP contribution is -2.40. The minimum absolute atomic E-state index is 0.0430. The maximum Gasteiger partial charge on any atom is 0.233 e. The van der Waals surface area contributed by atoms with Gasteiger partial charge in [-0.3, -0.25) is 9.59 Å². The van der Waals surface area contributed by atoms with Crippen molar-refractivity contribution in [3.05, 3.63) is 0 Å². The molecule has 0 aliphatic carbocycles. The molecular weight excluding hydrogens is 1040 g/mol. The van der Waals surface area contributed by atoms with Gasteiger partial charge in [0.25, 0.3) is 0 Å². The molecule has 3 unspecified atom stereocenters. The number of unbranched alkanes of at least 4 members (excludes halogenated alkanes) is 50. The summed E-state index contributed by atoms with van der Waals surface area (Å²) in [6, 6.07) is 0. The van der Waals surface area contributed by atoms with Crippen molar-refractivity contribution < 1.29 is 19.8 Å². The Bertz CT molecular complexity index is 1290. The van der Waals surface area contributed by atoms with Crippen molar-refractivity contribution >= 4 is 11.7 Å². The van der Waals surface area contributed by atoms with Crippen molar-refractivity contribution in [3.8, 4) is 0 Å². The van der Waals surface area contributed by atoms with E-state index in [-0.39, 0.29) is 18.2 Å². The largest absolute Gasteiger partial charge is 0.392 e. The minimum atomic E-state index is -0.472. The Morgan fingerprint density at radius 2 is 0.612 bits per heavy atom. The smallest absolute Gasteiger partial charge is 0.233 e. The second-order valence-electron chi connectivity index (χ2n) is 27.6. The molecule has 0 rings (SSSR count). The molecular formula is C77H156N4O4. The third-order valence-electron chi connectivity index (χ3n) is 18.8. The maximum absolute atomic E-state index is 12.8. The lowest BCUT2D eigenvalue weighted by Gasteiger charge is -2.25. The molecule has 0 aliphatic rings. The Kier molecular flexibility index (Phi) is 71.1. The first kappa shape index (κ1) is 83.9. The molecule has 0 spiro atoms. The van der Waals surface area contributed by atoms with Gasteiger partial charge in [-0.15, -0.1) is 0 Å². The van der Waals surface area contributed by atoms with Crippen LogP contribution in [0.4, 0.5) is 0 Å². The van der Waals surface area contributed by atoms with Crippen molar-refractivity contribution in [1.82, 2.24) is 20.9 Å². The van der Waals surface area contributed by atoms with Gasteiger partial charge in [-0.05, 0) is 57.5 Å². The Morgan fingerprint density at radius 1 is 0.318 bits per heavy atom. The summed E-state index contributed by atoms with van der Waals surface area (Å²) in [5, 5.41) is 32.0. The summed E-state index contributed by atoms with van der Waals surface area (Å²) >= 11 is 0. The third kappa shape index (κ3) is 68.7. The lowest BCUT2D eigenvalue weighted by atomic mass is 9.89. The molecule has 0 aliphatic heterocycles. The number of aliphatic hydroxyl groups is 2. The summed E-state index contributed by atoms with van der Waals surface area (Å²) in [6.07, 6.45) is 77.7. The summed E-state index contributed by atoms with van der Waals surface area (Å²) in [5.41, 5.74) is 0. The van der Waals surface area contributed by atoms with Gasteiger partial charge < -0.3 is 31.1 Å². The van der Waals surface area contributed by atoms with Gasteiger partial charge in [-0.2, -0.15) is 0 Å². The van der Waals surface area contributed by atoms with Crippen LogP contribution in [0, 0.1) is 5.92 Å². The van der Waals surface area contributed by atoms with E-state index >= 15 is 0 Å². The number of hydrogen-bond donors (Lipinski definition) is 5. The quantitative estimate of drug-likeness (QED) is 0.0386. The molecule has 8 heteroatoms. The van der Waals surface area contributed by atoms with Gasteiger partial charge in [-0.1, -0.05) is 368 Å². The summed E-state index contributed by atoms with van der Waals surface area (Å²) in [6.45, 7) is 14.3. The number of rotatable bonds is 75. The summed E-state index contributed by atoms with van der Waals surface area (Å²) in [5.74, 6) is 0.962. The van der Waals surface area contributed by atoms with Gasteiger partial charge in [0, 0.05) is 32.6 Å². The monoisotopic (exact) mass is 1200 g/mol. The molecule has 0 fully saturated rings. The van der Waals surface area contributed by atoms with Gasteiger partial charge in [-0.25, -0.2) is 0 Å². The standard InChI is InChI=1S/C77H156N4O4/c1-5-9-13-17-21-25-29-33-34-35-36-38-42-46-50-56-62-74(82)68-78-70-76(84)72-81(66-58-52-48-44-40-32-28-24-20-16-12-8-4)67-59-53-55-61-73(60-54-49-45-41-37-30-26-22-18-14-10-6-2)63-64-75(83)69-79-71-77(85)80-65-57-51-47-43-39-31-27-23-19-15-11-7-3/h73,75-76,78-79,83-84H,5-72H2,1-4H3,(H,80,85). The zero-order chi connectivity index (χ0) is 61.7. The number of nitrogens with one attached hydrogen (secondary N) is 3. The molecule has 508 valence electrons. The van der Waals surface area contributed by atoms with E-state index in [1.54, 1.807) is 0 Å². The first-order chi connectivity index (χ1) is 41.9. The maximum atomic E-state index is 12.8. The van der Waals surface area contributed by atoms with Crippen LogP contribution in [0.2, 0.25) is 0 Å². The van der Waals surface area contributed by atoms with Gasteiger partial charge in [0.15, 0.2) is 0 Å². The zero-order valence-electron chi connectivity index (χ0n) is 58.5. The Morgan fingerprint density at radius 3 is 0.988 bits per heavy atom. The molecule has 3 atom stereocenters. The normalized spacial score (nSPS) is 12.9. The van der Waals surface area contributed by atoms with E-state index in [1.165, 1.54) is 340 Å². The van der Waals surface area contributed by atoms with Crippen LogP contribution >= 0.6 is 0 Å². The first-order valence-corrected chi connectivity index (χ1v) is 39.1. The molecule has 0 saturated carbocycles. The highest BCUT2D eigenvalue weighted by molar-refractivity contribution is 5.80. The topological polar surface area (TPSA) is 114 Å². The number of hydrogen-bond acceptors (Lipinski definition) is 7. The number of amides is 1. The fourth-order valence-electron chi connectivity index (χ4n) is 13.0. The molecule has 0 aromatic carbocycles. The number of carbonyl (C=O) groups excluding carboxylic acids is 2. The molecule has 0 bridgehead atoms. The van der Waals surface area contributed by atoms with Crippen LogP contribution < -0.4 is 16.0 Å². The molecule has 1 amide bonds. The van der Waals surface area contributed by atoms with Crippen LogP contribution in [0.15, 0.2) is 0 Å². The second kappa shape index (κ2) is 72.0. The zero-order valence-corrected chi connectivity index (χ0v) is 58.5. The number of ketones is 1. The van der Waals surface area contributed by atoms with Crippen LogP contribution in [-0.4, -0.2) is 91.4 Å². The Hall–Kier alpha value is -1.06. The minimum Gasteiger partial charge on any atom is -0.392 e. The van der Waals surface area contributed by atoms with Gasteiger partial charge >= 0.3 is 0 Å². The predicted octanol–water partition coefficient (Wildman–Crippen LogP) is 22.0. The molecule has 0 radical (unpaired) electrons. The van der Waals surface area contributed by atoms with Crippen molar-refractivity contribution in [1.29, 1.82) is 0 Å². The molecule has 0 saturated heterocycles. The summed E-state index contributed by atoms with van der Waals surface area (Å²) in [4.78, 5) is 27.9. The van der Waals surface area contributed by atoms with Crippen molar-refractivity contribution in [2.24, 2.45) is 5.92 Å². The third-order valence-corrected chi connectivity index (χ3v) is 18.8.